The summed E-state index contributed by atoms with van der Waals surface area (Å²) < 4.78 is 16.7. The summed E-state index contributed by atoms with van der Waals surface area (Å²) in [5.74, 6) is -0.157. The molecule has 0 fully saturated rings. The van der Waals surface area contributed by atoms with Crippen LogP contribution in [-0.2, 0) is 5.75 Å². The fraction of sp³-hybridized carbons (Fsp3) is 0.136. The molecule has 4 rings (SSSR count). The minimum absolute atomic E-state index is 0.210. The van der Waals surface area contributed by atoms with E-state index in [4.69, 9.17) is 13.9 Å². The Bertz CT molecular complexity index is 1350. The molecule has 1 aromatic carbocycles. The topological polar surface area (TPSA) is 121 Å². The molecule has 4 aromatic rings. The van der Waals surface area contributed by atoms with Crippen LogP contribution in [0.25, 0.3) is 0 Å². The van der Waals surface area contributed by atoms with Crippen LogP contribution >= 0.6 is 34.4 Å². The zero-order chi connectivity index (χ0) is 23.9. The Labute approximate surface area is 205 Å². The molecular weight excluding hydrogens is 498 g/mol. The van der Waals surface area contributed by atoms with Crippen molar-refractivity contribution in [2.45, 2.75) is 17.0 Å². The van der Waals surface area contributed by atoms with E-state index in [2.05, 4.69) is 15.5 Å². The fourth-order valence-electron chi connectivity index (χ4n) is 2.68. The Morgan fingerprint density at radius 1 is 1.15 bits per heavy atom. The number of ether oxygens (including phenoxy) is 2. The predicted octanol–water partition coefficient (Wildman–Crippen LogP) is 4.72. The van der Waals surface area contributed by atoms with Crippen LogP contribution in [0.4, 0.5) is 5.13 Å². The van der Waals surface area contributed by atoms with Crippen molar-refractivity contribution < 1.29 is 23.5 Å². The van der Waals surface area contributed by atoms with Crippen LogP contribution in [0, 0.1) is 0 Å². The quantitative estimate of drug-likeness (QED) is 0.192. The molecule has 0 bridgehead atoms. The van der Waals surface area contributed by atoms with E-state index in [-0.39, 0.29) is 17.2 Å². The van der Waals surface area contributed by atoms with Gasteiger partial charge < -0.3 is 13.9 Å². The number of carbonyl (C=O) groups is 2. The average molecular weight is 516 g/mol. The molecule has 3 aromatic heterocycles. The monoisotopic (exact) mass is 515 g/mol. The number of hydrogen-bond donors (Lipinski definition) is 1. The molecule has 34 heavy (non-hydrogen) atoms. The first-order valence-corrected chi connectivity index (χ1v) is 12.6. The van der Waals surface area contributed by atoms with E-state index in [1.807, 2.05) is 5.38 Å². The number of carbonyl (C=O) groups excluding carboxylic acids is 2. The van der Waals surface area contributed by atoms with Crippen LogP contribution in [0.5, 0.6) is 11.5 Å². The van der Waals surface area contributed by atoms with Crippen molar-refractivity contribution in [2.75, 3.05) is 11.9 Å². The van der Waals surface area contributed by atoms with Gasteiger partial charge in [-0.25, -0.2) is 4.79 Å². The molecule has 0 spiro atoms. The van der Waals surface area contributed by atoms with Crippen LogP contribution in [0.3, 0.4) is 0 Å². The number of nitrogens with zero attached hydrogens (tertiary/aromatic N) is 2. The molecule has 12 heteroatoms. The van der Waals surface area contributed by atoms with Gasteiger partial charge in [0.15, 0.2) is 4.34 Å². The van der Waals surface area contributed by atoms with Gasteiger partial charge >= 0.3 is 5.97 Å². The van der Waals surface area contributed by atoms with Gasteiger partial charge in [-0.05, 0) is 30.5 Å². The Hall–Kier alpha value is -3.48. The highest BCUT2D eigenvalue weighted by atomic mass is 32.2. The number of nitrogens with one attached hydrogen (secondary N) is 1. The lowest BCUT2D eigenvalue weighted by atomic mass is 10.2. The summed E-state index contributed by atoms with van der Waals surface area (Å²) in [6.45, 7) is 2.19. The molecule has 3 heterocycles. The lowest BCUT2D eigenvalue weighted by Gasteiger charge is -2.09. The number of anilines is 1. The Morgan fingerprint density at radius 3 is 2.76 bits per heavy atom. The number of esters is 1. The van der Waals surface area contributed by atoms with Gasteiger partial charge in [-0.3, -0.25) is 14.9 Å². The van der Waals surface area contributed by atoms with Crippen LogP contribution in [0.15, 0.2) is 67.7 Å². The molecular formula is C22H17N3O6S3. The molecule has 0 atom stereocenters. The second-order valence-corrected chi connectivity index (χ2v) is 9.63. The van der Waals surface area contributed by atoms with Crippen molar-refractivity contribution in [3.8, 4) is 11.5 Å². The molecule has 0 saturated heterocycles. The smallest absolute Gasteiger partial charge is 0.347 e. The van der Waals surface area contributed by atoms with Gasteiger partial charge in [-0.15, -0.1) is 21.5 Å². The second kappa shape index (κ2) is 11.1. The first kappa shape index (κ1) is 23.7. The third kappa shape index (κ3) is 5.90. The third-order valence-electron chi connectivity index (χ3n) is 4.17. The lowest BCUT2D eigenvalue weighted by Crippen LogP contribution is -2.15. The zero-order valence-electron chi connectivity index (χ0n) is 17.7. The maximum atomic E-state index is 12.5. The van der Waals surface area contributed by atoms with Crippen molar-refractivity contribution in [1.29, 1.82) is 0 Å². The van der Waals surface area contributed by atoms with Gasteiger partial charge in [0.2, 0.25) is 16.3 Å². The maximum Gasteiger partial charge on any atom is 0.347 e. The molecule has 0 aliphatic heterocycles. The molecule has 0 unspecified atom stereocenters. The average Bonchev–Trinajstić information content (AvgIpc) is 3.52. The highest BCUT2D eigenvalue weighted by Gasteiger charge is 2.17. The number of aromatic nitrogens is 2. The second-order valence-electron chi connectivity index (χ2n) is 6.49. The summed E-state index contributed by atoms with van der Waals surface area (Å²) >= 11 is 3.83. The largest absolute Gasteiger partial charge is 0.493 e. The molecule has 1 amide bonds. The summed E-state index contributed by atoms with van der Waals surface area (Å²) in [4.78, 5) is 37.6. The number of benzene rings is 1. The summed E-state index contributed by atoms with van der Waals surface area (Å²) in [5, 5.41) is 12.9. The van der Waals surface area contributed by atoms with E-state index in [0.717, 1.165) is 6.26 Å². The highest BCUT2D eigenvalue weighted by molar-refractivity contribution is 8.00. The van der Waals surface area contributed by atoms with E-state index < -0.39 is 11.4 Å². The molecule has 0 radical (unpaired) electrons. The Kier molecular flexibility index (Phi) is 7.72. The Morgan fingerprint density at radius 2 is 2.00 bits per heavy atom. The van der Waals surface area contributed by atoms with Gasteiger partial charge in [0.1, 0.15) is 23.3 Å². The predicted molar refractivity (Wildman–Crippen MR) is 129 cm³/mol. The maximum absolute atomic E-state index is 12.5. The third-order valence-corrected chi connectivity index (χ3v) is 7.03. The van der Waals surface area contributed by atoms with Crippen molar-refractivity contribution in [2.24, 2.45) is 0 Å². The molecule has 174 valence electrons. The number of thiophene rings is 1. The van der Waals surface area contributed by atoms with E-state index >= 15 is 0 Å². The number of para-hydroxylation sites is 1. The minimum atomic E-state index is -0.718. The lowest BCUT2D eigenvalue weighted by molar-refractivity contribution is 0.0724. The van der Waals surface area contributed by atoms with E-state index in [1.165, 1.54) is 40.5 Å². The van der Waals surface area contributed by atoms with Crippen molar-refractivity contribution in [3.63, 3.8) is 0 Å². The SMILES string of the molecule is CCOc1ccccc1C(=O)Oc1coc(CSc2nnc(NC(=O)c3cccs3)s2)cc1=O. The van der Waals surface area contributed by atoms with Crippen LogP contribution < -0.4 is 20.2 Å². The fourth-order valence-corrected chi connectivity index (χ4v) is 4.93. The van der Waals surface area contributed by atoms with Gasteiger partial charge in [0.05, 0.1) is 17.2 Å². The summed E-state index contributed by atoms with van der Waals surface area (Å²) in [5.41, 5.74) is -0.285. The zero-order valence-corrected chi connectivity index (χ0v) is 20.1. The highest BCUT2D eigenvalue weighted by Crippen LogP contribution is 2.29. The van der Waals surface area contributed by atoms with E-state index in [0.29, 0.717) is 38.2 Å². The van der Waals surface area contributed by atoms with Gasteiger partial charge in [-0.1, -0.05) is 41.3 Å². The van der Waals surface area contributed by atoms with Crippen LogP contribution in [-0.4, -0.2) is 28.7 Å². The van der Waals surface area contributed by atoms with Crippen molar-refractivity contribution >= 4 is 51.4 Å². The van der Waals surface area contributed by atoms with E-state index in [9.17, 15) is 14.4 Å². The van der Waals surface area contributed by atoms with Crippen molar-refractivity contribution in [3.05, 3.63) is 80.5 Å². The van der Waals surface area contributed by atoms with Gasteiger partial charge in [-0.2, -0.15) is 0 Å². The molecule has 0 aliphatic carbocycles. The summed E-state index contributed by atoms with van der Waals surface area (Å²) in [7, 11) is 0. The molecule has 0 saturated carbocycles. The van der Waals surface area contributed by atoms with Crippen molar-refractivity contribution in [1.82, 2.24) is 10.2 Å². The normalized spacial score (nSPS) is 10.6. The first-order valence-electron chi connectivity index (χ1n) is 9.90. The Balaban J connectivity index is 1.35. The number of thioether (sulfide) groups is 1. The molecule has 9 nitrogen and oxygen atoms in total. The summed E-state index contributed by atoms with van der Waals surface area (Å²) in [6.07, 6.45) is 1.10. The van der Waals surface area contributed by atoms with Crippen LogP contribution in [0.1, 0.15) is 32.7 Å². The molecule has 1 N–H and O–H groups in total. The minimum Gasteiger partial charge on any atom is -0.493 e. The van der Waals surface area contributed by atoms with E-state index in [1.54, 1.807) is 43.3 Å². The number of amides is 1. The number of hydrogen-bond acceptors (Lipinski definition) is 11. The summed E-state index contributed by atoms with van der Waals surface area (Å²) in [6, 6.07) is 11.4. The van der Waals surface area contributed by atoms with Crippen LogP contribution in [0.2, 0.25) is 0 Å². The first-order chi connectivity index (χ1) is 16.5. The molecule has 0 aliphatic rings. The van der Waals surface area contributed by atoms with Gasteiger partial charge in [0.25, 0.3) is 5.91 Å². The number of rotatable bonds is 9. The standard InChI is InChI=1S/C22H17N3O6S3/c1-2-29-16-7-4-3-6-14(16)20(28)31-17-11-30-13(10-15(17)26)12-33-22-25-24-21(34-22)23-19(27)18-8-5-9-32-18/h3-11H,2,12H2,1H3,(H,23,24,27). The van der Waals surface area contributed by atoms with Gasteiger partial charge in [0, 0.05) is 6.07 Å².